The minimum Gasteiger partial charge on any atom is -0.462 e. The molecule has 0 saturated carbocycles. The van der Waals surface area contributed by atoms with Crippen LogP contribution in [0.1, 0.15) is 28.4 Å². The molecule has 3 aromatic carbocycles. The predicted octanol–water partition coefficient (Wildman–Crippen LogP) is 4.97. The van der Waals surface area contributed by atoms with E-state index in [0.717, 1.165) is 9.87 Å². The highest BCUT2D eigenvalue weighted by molar-refractivity contribution is 7.92. The van der Waals surface area contributed by atoms with Crippen LogP contribution in [0.3, 0.4) is 0 Å². The number of para-hydroxylation sites is 1. The van der Waals surface area contributed by atoms with E-state index >= 15 is 0 Å². The van der Waals surface area contributed by atoms with E-state index in [2.05, 4.69) is 5.32 Å². The minimum absolute atomic E-state index is 0.0796. The van der Waals surface area contributed by atoms with Crippen LogP contribution in [0.5, 0.6) is 0 Å². The largest absolute Gasteiger partial charge is 0.462 e. The molecular formula is C25H25ClN2O5S. The Morgan fingerprint density at radius 1 is 1.00 bits per heavy atom. The first-order chi connectivity index (χ1) is 16.1. The van der Waals surface area contributed by atoms with Gasteiger partial charge >= 0.3 is 5.97 Å². The van der Waals surface area contributed by atoms with Gasteiger partial charge in [-0.3, -0.25) is 9.10 Å². The number of hydrogen-bond acceptors (Lipinski definition) is 5. The molecule has 0 unspecified atom stereocenters. The number of carbonyl (C=O) groups excluding carboxylic acids is 2. The smallest absolute Gasteiger partial charge is 0.339 e. The predicted molar refractivity (Wildman–Crippen MR) is 133 cm³/mol. The summed E-state index contributed by atoms with van der Waals surface area (Å²) in [6.07, 6.45) is 0. The summed E-state index contributed by atoms with van der Waals surface area (Å²) in [5.41, 5.74) is 2.51. The third-order valence-electron chi connectivity index (χ3n) is 5.03. The first-order valence-corrected chi connectivity index (χ1v) is 12.4. The van der Waals surface area contributed by atoms with E-state index in [1.165, 1.54) is 30.3 Å². The molecule has 178 valence electrons. The molecule has 34 heavy (non-hydrogen) atoms. The second-order valence-electron chi connectivity index (χ2n) is 7.57. The lowest BCUT2D eigenvalue weighted by molar-refractivity contribution is -0.114. The number of halogens is 1. The van der Waals surface area contributed by atoms with Crippen molar-refractivity contribution in [2.24, 2.45) is 0 Å². The topological polar surface area (TPSA) is 92.8 Å². The van der Waals surface area contributed by atoms with Gasteiger partial charge in [0.25, 0.3) is 10.0 Å². The summed E-state index contributed by atoms with van der Waals surface area (Å²) in [4.78, 5) is 24.9. The van der Waals surface area contributed by atoms with Gasteiger partial charge in [-0.15, -0.1) is 0 Å². The van der Waals surface area contributed by atoms with Crippen molar-refractivity contribution in [3.05, 3.63) is 88.4 Å². The van der Waals surface area contributed by atoms with E-state index < -0.39 is 28.4 Å². The minimum atomic E-state index is -4.03. The van der Waals surface area contributed by atoms with Crippen LogP contribution in [0.25, 0.3) is 0 Å². The number of nitrogens with one attached hydrogen (secondary N) is 1. The van der Waals surface area contributed by atoms with Crippen molar-refractivity contribution in [2.45, 2.75) is 25.7 Å². The zero-order valence-corrected chi connectivity index (χ0v) is 20.6. The van der Waals surface area contributed by atoms with Gasteiger partial charge in [0, 0.05) is 5.69 Å². The number of amides is 1. The molecule has 0 aliphatic heterocycles. The monoisotopic (exact) mass is 500 g/mol. The number of anilines is 2. The highest BCUT2D eigenvalue weighted by atomic mass is 35.5. The van der Waals surface area contributed by atoms with Crippen LogP contribution in [0.4, 0.5) is 11.4 Å². The standard InChI is InChI=1S/C25H25ClN2O5S/c1-4-33-25(30)21-14-11-19(15-22(21)26)27-24(29)16-28(23-8-6-5-7-18(23)3)34(31,32)20-12-9-17(2)10-13-20/h5-15H,4,16H2,1-3H3,(H,27,29). The fraction of sp³-hybridized carbons (Fsp3) is 0.200. The Kier molecular flexibility index (Phi) is 7.96. The molecule has 0 saturated heterocycles. The molecule has 7 nitrogen and oxygen atoms in total. The van der Waals surface area contributed by atoms with Gasteiger partial charge in [0.15, 0.2) is 0 Å². The number of carbonyl (C=O) groups is 2. The second-order valence-corrected chi connectivity index (χ2v) is 9.84. The second kappa shape index (κ2) is 10.7. The lowest BCUT2D eigenvalue weighted by Crippen LogP contribution is -2.38. The summed E-state index contributed by atoms with van der Waals surface area (Å²) in [6.45, 7) is 5.07. The molecule has 1 amide bonds. The quantitative estimate of drug-likeness (QED) is 0.441. The van der Waals surface area contributed by atoms with E-state index in [9.17, 15) is 18.0 Å². The fourth-order valence-corrected chi connectivity index (χ4v) is 5.02. The molecule has 0 radical (unpaired) electrons. The summed E-state index contributed by atoms with van der Waals surface area (Å²) < 4.78 is 33.0. The number of ether oxygens (including phenoxy) is 1. The maximum atomic E-state index is 13.5. The van der Waals surface area contributed by atoms with Crippen molar-refractivity contribution in [3.8, 4) is 0 Å². The van der Waals surface area contributed by atoms with Crippen molar-refractivity contribution in [2.75, 3.05) is 22.8 Å². The van der Waals surface area contributed by atoms with Crippen LogP contribution in [0, 0.1) is 13.8 Å². The molecule has 0 fully saturated rings. The Morgan fingerprint density at radius 3 is 2.29 bits per heavy atom. The van der Waals surface area contributed by atoms with E-state index in [4.69, 9.17) is 16.3 Å². The van der Waals surface area contributed by atoms with E-state index in [1.54, 1.807) is 50.2 Å². The van der Waals surface area contributed by atoms with Crippen molar-refractivity contribution in [3.63, 3.8) is 0 Å². The van der Waals surface area contributed by atoms with Crippen LogP contribution in [-0.2, 0) is 19.6 Å². The number of sulfonamides is 1. The number of benzene rings is 3. The highest BCUT2D eigenvalue weighted by Crippen LogP contribution is 2.27. The zero-order chi connectivity index (χ0) is 24.9. The SMILES string of the molecule is CCOC(=O)c1ccc(NC(=O)CN(c2ccccc2C)S(=O)(=O)c2ccc(C)cc2)cc1Cl. The molecule has 0 aromatic heterocycles. The summed E-state index contributed by atoms with van der Waals surface area (Å²) in [6, 6.07) is 17.7. The first-order valence-electron chi connectivity index (χ1n) is 10.5. The number of hydrogen-bond donors (Lipinski definition) is 1. The van der Waals surface area contributed by atoms with Gasteiger partial charge in [-0.1, -0.05) is 47.5 Å². The van der Waals surface area contributed by atoms with Crippen LogP contribution in [0.15, 0.2) is 71.6 Å². The van der Waals surface area contributed by atoms with Gasteiger partial charge in [0.05, 0.1) is 27.8 Å². The van der Waals surface area contributed by atoms with Crippen molar-refractivity contribution in [1.82, 2.24) is 0 Å². The molecule has 3 aromatic rings. The van der Waals surface area contributed by atoms with Crippen LogP contribution in [0.2, 0.25) is 5.02 Å². The third-order valence-corrected chi connectivity index (χ3v) is 7.12. The number of aryl methyl sites for hydroxylation is 2. The Hall–Kier alpha value is -3.36. The number of rotatable bonds is 8. The van der Waals surface area contributed by atoms with Gasteiger partial charge < -0.3 is 10.1 Å². The average molecular weight is 501 g/mol. The maximum absolute atomic E-state index is 13.5. The van der Waals surface area contributed by atoms with Gasteiger partial charge in [-0.2, -0.15) is 0 Å². The van der Waals surface area contributed by atoms with E-state index in [-0.39, 0.29) is 22.1 Å². The Balaban J connectivity index is 1.89. The first kappa shape index (κ1) is 25.3. The summed E-state index contributed by atoms with van der Waals surface area (Å²) in [5, 5.41) is 2.76. The van der Waals surface area contributed by atoms with Crippen molar-refractivity contribution in [1.29, 1.82) is 0 Å². The van der Waals surface area contributed by atoms with Gasteiger partial charge in [0.1, 0.15) is 6.54 Å². The molecule has 0 bridgehead atoms. The van der Waals surface area contributed by atoms with Crippen LogP contribution < -0.4 is 9.62 Å². The molecule has 3 rings (SSSR count). The maximum Gasteiger partial charge on any atom is 0.339 e. The average Bonchev–Trinajstić information content (AvgIpc) is 2.78. The van der Waals surface area contributed by atoms with Gasteiger partial charge in [0.2, 0.25) is 5.91 Å². The van der Waals surface area contributed by atoms with Crippen molar-refractivity contribution < 1.29 is 22.7 Å². The van der Waals surface area contributed by atoms with Crippen LogP contribution >= 0.6 is 11.6 Å². The fourth-order valence-electron chi connectivity index (χ4n) is 3.28. The molecule has 0 aliphatic rings. The summed E-state index contributed by atoms with van der Waals surface area (Å²) >= 11 is 6.17. The molecule has 0 spiro atoms. The molecule has 9 heteroatoms. The third kappa shape index (κ3) is 5.76. The normalized spacial score (nSPS) is 11.1. The van der Waals surface area contributed by atoms with Gasteiger partial charge in [-0.25, -0.2) is 13.2 Å². The van der Waals surface area contributed by atoms with E-state index in [1.807, 2.05) is 6.92 Å². The van der Waals surface area contributed by atoms with E-state index in [0.29, 0.717) is 16.9 Å². The molecule has 0 atom stereocenters. The lowest BCUT2D eigenvalue weighted by atomic mass is 10.2. The Bertz CT molecular complexity index is 1310. The summed E-state index contributed by atoms with van der Waals surface area (Å²) in [7, 11) is -4.03. The van der Waals surface area contributed by atoms with Gasteiger partial charge in [-0.05, 0) is 62.7 Å². The summed E-state index contributed by atoms with van der Waals surface area (Å²) in [5.74, 6) is -1.14. The zero-order valence-electron chi connectivity index (χ0n) is 19.0. The number of nitrogens with zero attached hydrogens (tertiary/aromatic N) is 1. The molecule has 0 heterocycles. The highest BCUT2D eigenvalue weighted by Gasteiger charge is 2.28. The van der Waals surface area contributed by atoms with Crippen LogP contribution in [-0.4, -0.2) is 33.4 Å². The molecule has 1 N–H and O–H groups in total. The number of esters is 1. The molecule has 0 aliphatic carbocycles. The van der Waals surface area contributed by atoms with Crippen molar-refractivity contribution >= 4 is 44.9 Å². The Morgan fingerprint density at radius 2 is 1.68 bits per heavy atom. The lowest BCUT2D eigenvalue weighted by Gasteiger charge is -2.25. The molecular weight excluding hydrogens is 476 g/mol. The Labute approximate surface area is 204 Å².